The number of aryl methyl sites for hydroxylation is 1. The number of hydrogen-bond acceptors (Lipinski definition) is 2. The lowest BCUT2D eigenvalue weighted by atomic mass is 9.82. The maximum absolute atomic E-state index is 10.5. The lowest BCUT2D eigenvalue weighted by molar-refractivity contribution is -0.136. The third-order valence-corrected chi connectivity index (χ3v) is 3.25. The third-order valence-electron chi connectivity index (χ3n) is 3.25. The number of aliphatic carboxylic acids is 1. The topological polar surface area (TPSA) is 50.2 Å². The molecule has 0 bridgehead atoms. The molecule has 1 aromatic rings. The predicted molar refractivity (Wildman–Crippen MR) is 72.6 cm³/mol. The fourth-order valence-electron chi connectivity index (χ4n) is 2.49. The zero-order valence-electron chi connectivity index (χ0n) is 11.7. The predicted octanol–water partition coefficient (Wildman–Crippen LogP) is 3.49. The van der Waals surface area contributed by atoms with Crippen molar-refractivity contribution in [3.05, 3.63) is 29.6 Å². The maximum atomic E-state index is 10.5. The lowest BCUT2D eigenvalue weighted by Crippen LogP contribution is -2.15. The summed E-state index contributed by atoms with van der Waals surface area (Å²) in [5, 5.41) is 8.64. The van der Waals surface area contributed by atoms with Gasteiger partial charge in [0.15, 0.2) is 0 Å². The van der Waals surface area contributed by atoms with Gasteiger partial charge in [-0.15, -0.1) is 0 Å². The van der Waals surface area contributed by atoms with E-state index in [4.69, 9.17) is 5.11 Å². The number of carboxylic acid groups (broad SMARTS) is 1. The summed E-state index contributed by atoms with van der Waals surface area (Å²) < 4.78 is 0. The van der Waals surface area contributed by atoms with Crippen LogP contribution in [0.15, 0.2) is 18.3 Å². The van der Waals surface area contributed by atoms with Gasteiger partial charge in [-0.3, -0.25) is 9.78 Å². The van der Waals surface area contributed by atoms with Gasteiger partial charge in [0.2, 0.25) is 0 Å². The fraction of sp³-hybridized carbons (Fsp3) is 0.600. The number of carboxylic acids is 1. The van der Waals surface area contributed by atoms with Gasteiger partial charge in [-0.05, 0) is 29.9 Å². The van der Waals surface area contributed by atoms with E-state index < -0.39 is 5.97 Å². The molecular formula is C15H23NO2. The Morgan fingerprint density at radius 3 is 2.22 bits per heavy atom. The average molecular weight is 249 g/mol. The number of rotatable bonds is 6. The molecule has 1 heterocycles. The molecule has 18 heavy (non-hydrogen) atoms. The van der Waals surface area contributed by atoms with E-state index in [0.717, 1.165) is 11.3 Å². The SMILES string of the molecule is CC(C)C(c1ccc(CCC(=O)O)cn1)C(C)C. The second-order valence-corrected chi connectivity index (χ2v) is 5.50. The van der Waals surface area contributed by atoms with Crippen LogP contribution in [0.25, 0.3) is 0 Å². The minimum absolute atomic E-state index is 0.165. The number of hydrogen-bond donors (Lipinski definition) is 1. The van der Waals surface area contributed by atoms with Crippen molar-refractivity contribution in [1.82, 2.24) is 4.98 Å². The van der Waals surface area contributed by atoms with Crippen molar-refractivity contribution in [3.8, 4) is 0 Å². The standard InChI is InChI=1S/C15H23NO2/c1-10(2)15(11(3)4)13-7-5-12(9-16-13)6-8-14(17)18/h5,7,9-11,15H,6,8H2,1-4H3,(H,17,18). The average Bonchev–Trinajstić information content (AvgIpc) is 2.27. The van der Waals surface area contributed by atoms with Crippen LogP contribution < -0.4 is 0 Å². The van der Waals surface area contributed by atoms with Crippen molar-refractivity contribution in [2.75, 3.05) is 0 Å². The molecule has 0 atom stereocenters. The summed E-state index contributed by atoms with van der Waals surface area (Å²) in [4.78, 5) is 15.0. The molecule has 0 radical (unpaired) electrons. The second kappa shape index (κ2) is 6.53. The summed E-state index contributed by atoms with van der Waals surface area (Å²) in [5.41, 5.74) is 2.10. The van der Waals surface area contributed by atoms with Gasteiger partial charge >= 0.3 is 5.97 Å². The van der Waals surface area contributed by atoms with Crippen LogP contribution in [0.3, 0.4) is 0 Å². The van der Waals surface area contributed by atoms with Gasteiger partial charge in [-0.25, -0.2) is 0 Å². The van der Waals surface area contributed by atoms with Gasteiger partial charge in [-0.2, -0.15) is 0 Å². The highest BCUT2D eigenvalue weighted by Crippen LogP contribution is 2.30. The van der Waals surface area contributed by atoms with Crippen LogP contribution in [0.1, 0.15) is 51.3 Å². The first kappa shape index (κ1) is 14.7. The minimum Gasteiger partial charge on any atom is -0.481 e. The molecule has 0 saturated heterocycles. The maximum Gasteiger partial charge on any atom is 0.303 e. The second-order valence-electron chi connectivity index (χ2n) is 5.50. The molecule has 0 fully saturated rings. The zero-order chi connectivity index (χ0) is 13.7. The third kappa shape index (κ3) is 4.13. The Morgan fingerprint density at radius 2 is 1.83 bits per heavy atom. The van der Waals surface area contributed by atoms with E-state index in [9.17, 15) is 4.79 Å². The lowest BCUT2D eigenvalue weighted by Gasteiger charge is -2.24. The molecule has 3 heteroatoms. The van der Waals surface area contributed by atoms with E-state index in [1.807, 2.05) is 18.3 Å². The first-order valence-electron chi connectivity index (χ1n) is 6.58. The molecule has 0 aliphatic carbocycles. The molecule has 3 nitrogen and oxygen atoms in total. The normalized spacial score (nSPS) is 11.5. The van der Waals surface area contributed by atoms with E-state index in [0.29, 0.717) is 24.2 Å². The van der Waals surface area contributed by atoms with Gasteiger partial charge in [0.05, 0.1) is 0 Å². The van der Waals surface area contributed by atoms with Crippen LogP contribution in [0.5, 0.6) is 0 Å². The highest BCUT2D eigenvalue weighted by molar-refractivity contribution is 5.67. The van der Waals surface area contributed by atoms with Crippen molar-refractivity contribution in [2.24, 2.45) is 11.8 Å². The van der Waals surface area contributed by atoms with E-state index in [1.54, 1.807) is 0 Å². The molecule has 0 saturated carbocycles. The van der Waals surface area contributed by atoms with Gasteiger partial charge in [-0.1, -0.05) is 33.8 Å². The monoisotopic (exact) mass is 249 g/mol. The number of pyridine rings is 1. The number of aromatic nitrogens is 1. The molecule has 100 valence electrons. The highest BCUT2D eigenvalue weighted by Gasteiger charge is 2.20. The van der Waals surface area contributed by atoms with E-state index in [-0.39, 0.29) is 6.42 Å². The summed E-state index contributed by atoms with van der Waals surface area (Å²) in [6, 6.07) is 4.05. The molecule has 1 N–H and O–H groups in total. The zero-order valence-corrected chi connectivity index (χ0v) is 11.7. The molecule has 0 aliphatic heterocycles. The molecule has 0 spiro atoms. The molecular weight excluding hydrogens is 226 g/mol. The largest absolute Gasteiger partial charge is 0.481 e. The Bertz CT molecular complexity index is 374. The first-order chi connectivity index (χ1) is 8.41. The Morgan fingerprint density at radius 1 is 1.22 bits per heavy atom. The molecule has 1 rings (SSSR count). The fourth-order valence-corrected chi connectivity index (χ4v) is 2.49. The molecule has 1 aromatic heterocycles. The smallest absolute Gasteiger partial charge is 0.303 e. The number of carbonyl (C=O) groups is 1. The van der Waals surface area contributed by atoms with Crippen molar-refractivity contribution >= 4 is 5.97 Å². The van der Waals surface area contributed by atoms with Crippen molar-refractivity contribution in [1.29, 1.82) is 0 Å². The van der Waals surface area contributed by atoms with Crippen LogP contribution in [-0.2, 0) is 11.2 Å². The Kier molecular flexibility index (Phi) is 5.32. The van der Waals surface area contributed by atoms with Gasteiger partial charge in [0.1, 0.15) is 0 Å². The highest BCUT2D eigenvalue weighted by atomic mass is 16.4. The minimum atomic E-state index is -0.763. The Balaban J connectivity index is 2.77. The van der Waals surface area contributed by atoms with E-state index in [1.165, 1.54) is 0 Å². The van der Waals surface area contributed by atoms with Crippen molar-refractivity contribution in [2.45, 2.75) is 46.5 Å². The van der Waals surface area contributed by atoms with Crippen LogP contribution in [0.4, 0.5) is 0 Å². The Labute approximate surface area is 109 Å². The first-order valence-corrected chi connectivity index (χ1v) is 6.58. The van der Waals surface area contributed by atoms with Crippen molar-refractivity contribution in [3.63, 3.8) is 0 Å². The van der Waals surface area contributed by atoms with E-state index in [2.05, 4.69) is 32.7 Å². The van der Waals surface area contributed by atoms with Gasteiger partial charge in [0.25, 0.3) is 0 Å². The summed E-state index contributed by atoms with van der Waals surface area (Å²) in [6.45, 7) is 8.85. The van der Waals surface area contributed by atoms with Crippen LogP contribution in [0, 0.1) is 11.8 Å². The summed E-state index contributed by atoms with van der Waals surface area (Å²) in [7, 11) is 0. The van der Waals surface area contributed by atoms with Crippen LogP contribution in [-0.4, -0.2) is 16.1 Å². The summed E-state index contributed by atoms with van der Waals surface area (Å²) in [6.07, 6.45) is 2.53. The number of nitrogens with zero attached hydrogens (tertiary/aromatic N) is 1. The quantitative estimate of drug-likeness (QED) is 0.839. The molecule has 0 aromatic carbocycles. The summed E-state index contributed by atoms with van der Waals surface area (Å²) in [5.74, 6) is 0.810. The van der Waals surface area contributed by atoms with Gasteiger partial charge in [0, 0.05) is 24.2 Å². The molecule has 0 unspecified atom stereocenters. The van der Waals surface area contributed by atoms with Crippen LogP contribution in [0.2, 0.25) is 0 Å². The van der Waals surface area contributed by atoms with Crippen molar-refractivity contribution < 1.29 is 9.90 Å². The van der Waals surface area contributed by atoms with E-state index >= 15 is 0 Å². The molecule has 0 aliphatic rings. The summed E-state index contributed by atoms with van der Waals surface area (Å²) >= 11 is 0. The van der Waals surface area contributed by atoms with Gasteiger partial charge < -0.3 is 5.11 Å². The Hall–Kier alpha value is -1.38. The molecule has 0 amide bonds. The van der Waals surface area contributed by atoms with Crippen LogP contribution >= 0.6 is 0 Å².